The number of hydrogen-bond acceptors (Lipinski definition) is 4. The molecule has 0 aliphatic carbocycles. The quantitative estimate of drug-likeness (QED) is 0.788. The molecule has 4 nitrogen and oxygen atoms in total. The van der Waals surface area contributed by atoms with Crippen LogP contribution in [0.2, 0.25) is 0 Å². The average Bonchev–Trinajstić information content (AvgIpc) is 2.72. The maximum atomic E-state index is 5.54. The molecule has 4 heteroatoms. The lowest BCUT2D eigenvalue weighted by Crippen LogP contribution is -2.42. The van der Waals surface area contributed by atoms with E-state index in [9.17, 15) is 0 Å². The van der Waals surface area contributed by atoms with Gasteiger partial charge in [-0.2, -0.15) is 0 Å². The summed E-state index contributed by atoms with van der Waals surface area (Å²) in [5.41, 5.74) is 4.04. The third-order valence-electron chi connectivity index (χ3n) is 5.09. The molecule has 2 aromatic rings. The van der Waals surface area contributed by atoms with Gasteiger partial charge in [0.25, 0.3) is 0 Å². The van der Waals surface area contributed by atoms with Crippen LogP contribution in [0.1, 0.15) is 29.7 Å². The molecular weight excluding hydrogens is 324 g/mol. The van der Waals surface area contributed by atoms with Crippen molar-refractivity contribution in [2.75, 3.05) is 40.0 Å². The number of aryl methyl sites for hydroxylation is 1. The molecular formula is C22H30N2O2. The van der Waals surface area contributed by atoms with Crippen LogP contribution >= 0.6 is 0 Å². The maximum Gasteiger partial charge on any atom is 0.118 e. The highest BCUT2D eigenvalue weighted by Crippen LogP contribution is 2.23. The predicted octanol–water partition coefficient (Wildman–Crippen LogP) is 3.42. The number of rotatable bonds is 8. The molecule has 140 valence electrons. The van der Waals surface area contributed by atoms with Crippen molar-refractivity contribution in [2.45, 2.75) is 25.9 Å². The highest BCUT2D eigenvalue weighted by Gasteiger charge is 2.22. The summed E-state index contributed by atoms with van der Waals surface area (Å²) >= 11 is 0. The van der Waals surface area contributed by atoms with Gasteiger partial charge in [0, 0.05) is 32.2 Å². The Labute approximate surface area is 157 Å². The van der Waals surface area contributed by atoms with E-state index in [0.717, 1.165) is 51.6 Å². The van der Waals surface area contributed by atoms with Gasteiger partial charge in [0.2, 0.25) is 0 Å². The molecule has 1 fully saturated rings. The molecule has 1 atom stereocenters. The van der Waals surface area contributed by atoms with E-state index < -0.39 is 0 Å². The summed E-state index contributed by atoms with van der Waals surface area (Å²) in [5.74, 6) is 0.901. The Kier molecular flexibility index (Phi) is 7.06. The summed E-state index contributed by atoms with van der Waals surface area (Å²) in [6.07, 6.45) is 1.09. The van der Waals surface area contributed by atoms with Crippen LogP contribution in [0.5, 0.6) is 5.75 Å². The Morgan fingerprint density at radius 1 is 1.00 bits per heavy atom. The molecule has 1 saturated heterocycles. The van der Waals surface area contributed by atoms with Crippen LogP contribution in [0.4, 0.5) is 0 Å². The molecule has 1 heterocycles. The number of nitrogens with zero attached hydrogens (tertiary/aromatic N) is 1. The van der Waals surface area contributed by atoms with Crippen LogP contribution in [0.3, 0.4) is 0 Å². The Morgan fingerprint density at radius 2 is 1.65 bits per heavy atom. The predicted molar refractivity (Wildman–Crippen MR) is 106 cm³/mol. The van der Waals surface area contributed by atoms with E-state index in [0.29, 0.717) is 6.04 Å². The Balaban J connectivity index is 1.64. The van der Waals surface area contributed by atoms with E-state index in [1.165, 1.54) is 16.7 Å². The van der Waals surface area contributed by atoms with E-state index in [1.807, 2.05) is 12.1 Å². The number of benzene rings is 2. The first-order chi connectivity index (χ1) is 12.8. The van der Waals surface area contributed by atoms with Crippen LogP contribution in [0, 0.1) is 0 Å². The molecule has 0 radical (unpaired) electrons. The summed E-state index contributed by atoms with van der Waals surface area (Å²) in [5, 5.41) is 3.65. The second-order valence-electron chi connectivity index (χ2n) is 6.74. The van der Waals surface area contributed by atoms with Crippen LogP contribution in [0.15, 0.2) is 48.5 Å². The summed E-state index contributed by atoms with van der Waals surface area (Å²) in [7, 11) is 1.71. The first-order valence-electron chi connectivity index (χ1n) is 9.54. The first-order valence-corrected chi connectivity index (χ1v) is 9.54. The normalized spacial score (nSPS) is 16.4. The minimum absolute atomic E-state index is 0.347. The lowest BCUT2D eigenvalue weighted by atomic mass is 10.0. The van der Waals surface area contributed by atoms with Crippen molar-refractivity contribution in [3.63, 3.8) is 0 Å². The molecule has 0 bridgehead atoms. The van der Waals surface area contributed by atoms with Gasteiger partial charge in [0.15, 0.2) is 0 Å². The molecule has 0 saturated carbocycles. The zero-order chi connectivity index (χ0) is 18.2. The first kappa shape index (κ1) is 18.9. The van der Waals surface area contributed by atoms with Gasteiger partial charge < -0.3 is 14.8 Å². The SMILES string of the molecule is CCc1ccc(CNCC(c2ccc(OC)cc2)N2CCOCC2)cc1. The summed E-state index contributed by atoms with van der Waals surface area (Å²) in [6.45, 7) is 7.57. The van der Waals surface area contributed by atoms with E-state index in [2.05, 4.69) is 53.5 Å². The topological polar surface area (TPSA) is 33.7 Å². The molecule has 2 aromatic carbocycles. The van der Waals surface area contributed by atoms with Crippen LogP contribution in [-0.2, 0) is 17.7 Å². The van der Waals surface area contributed by atoms with Crippen molar-refractivity contribution >= 4 is 0 Å². The number of nitrogens with one attached hydrogen (secondary N) is 1. The molecule has 0 amide bonds. The molecule has 0 spiro atoms. The molecule has 0 aromatic heterocycles. The Bertz CT molecular complexity index is 649. The standard InChI is InChI=1S/C22H30N2O2/c1-3-18-4-6-19(7-5-18)16-23-17-22(24-12-14-26-15-13-24)20-8-10-21(25-2)11-9-20/h4-11,22-23H,3,12-17H2,1-2H3. The van der Waals surface area contributed by atoms with Crippen molar-refractivity contribution in [1.29, 1.82) is 0 Å². The van der Waals surface area contributed by atoms with Crippen LogP contribution in [0.25, 0.3) is 0 Å². The van der Waals surface area contributed by atoms with Crippen molar-refractivity contribution in [3.8, 4) is 5.75 Å². The largest absolute Gasteiger partial charge is 0.497 e. The molecule has 26 heavy (non-hydrogen) atoms. The van der Waals surface area contributed by atoms with Crippen molar-refractivity contribution in [3.05, 3.63) is 65.2 Å². The van der Waals surface area contributed by atoms with Gasteiger partial charge in [-0.05, 0) is 35.2 Å². The van der Waals surface area contributed by atoms with Crippen molar-refractivity contribution in [1.82, 2.24) is 10.2 Å². The van der Waals surface area contributed by atoms with Crippen LogP contribution < -0.4 is 10.1 Å². The minimum atomic E-state index is 0.347. The van der Waals surface area contributed by atoms with E-state index in [-0.39, 0.29) is 0 Å². The van der Waals surface area contributed by atoms with Gasteiger partial charge in [-0.25, -0.2) is 0 Å². The van der Waals surface area contributed by atoms with E-state index in [4.69, 9.17) is 9.47 Å². The molecule has 3 rings (SSSR count). The molecule has 1 N–H and O–H groups in total. The fourth-order valence-corrected chi connectivity index (χ4v) is 3.42. The van der Waals surface area contributed by atoms with Gasteiger partial charge in [-0.15, -0.1) is 0 Å². The number of hydrogen-bond donors (Lipinski definition) is 1. The summed E-state index contributed by atoms with van der Waals surface area (Å²) in [6, 6.07) is 17.7. The van der Waals surface area contributed by atoms with Gasteiger partial charge in [-0.3, -0.25) is 4.90 Å². The molecule has 1 aliphatic heterocycles. The monoisotopic (exact) mass is 354 g/mol. The lowest BCUT2D eigenvalue weighted by Gasteiger charge is -2.35. The van der Waals surface area contributed by atoms with E-state index >= 15 is 0 Å². The van der Waals surface area contributed by atoms with Gasteiger partial charge in [0.05, 0.1) is 20.3 Å². The fraction of sp³-hybridized carbons (Fsp3) is 0.455. The van der Waals surface area contributed by atoms with Crippen LogP contribution in [-0.4, -0.2) is 44.9 Å². The fourth-order valence-electron chi connectivity index (χ4n) is 3.42. The second kappa shape index (κ2) is 9.72. The Hall–Kier alpha value is -1.88. The number of methoxy groups -OCH3 is 1. The van der Waals surface area contributed by atoms with Gasteiger partial charge in [0.1, 0.15) is 5.75 Å². The molecule has 1 unspecified atom stereocenters. The van der Waals surface area contributed by atoms with Gasteiger partial charge >= 0.3 is 0 Å². The smallest absolute Gasteiger partial charge is 0.118 e. The maximum absolute atomic E-state index is 5.54. The Morgan fingerprint density at radius 3 is 2.27 bits per heavy atom. The second-order valence-corrected chi connectivity index (χ2v) is 6.74. The highest BCUT2D eigenvalue weighted by atomic mass is 16.5. The summed E-state index contributed by atoms with van der Waals surface area (Å²) < 4.78 is 10.8. The number of ether oxygens (including phenoxy) is 2. The lowest BCUT2D eigenvalue weighted by molar-refractivity contribution is 0.0161. The highest BCUT2D eigenvalue weighted by molar-refractivity contribution is 5.29. The van der Waals surface area contributed by atoms with E-state index in [1.54, 1.807) is 7.11 Å². The zero-order valence-corrected chi connectivity index (χ0v) is 15.9. The van der Waals surface area contributed by atoms with Gasteiger partial charge in [-0.1, -0.05) is 43.3 Å². The zero-order valence-electron chi connectivity index (χ0n) is 15.9. The van der Waals surface area contributed by atoms with Crippen molar-refractivity contribution in [2.24, 2.45) is 0 Å². The van der Waals surface area contributed by atoms with Crippen molar-refractivity contribution < 1.29 is 9.47 Å². The number of morpholine rings is 1. The third-order valence-corrected chi connectivity index (χ3v) is 5.09. The molecule has 1 aliphatic rings. The average molecular weight is 354 g/mol. The third kappa shape index (κ3) is 5.07. The summed E-state index contributed by atoms with van der Waals surface area (Å²) in [4.78, 5) is 2.51. The minimum Gasteiger partial charge on any atom is -0.497 e.